The lowest BCUT2D eigenvalue weighted by molar-refractivity contribution is 0.0397. The number of hydrogen-bond donors (Lipinski definition) is 0. The van der Waals surface area contributed by atoms with E-state index in [9.17, 15) is 0 Å². The maximum atomic E-state index is 6.45. The van der Waals surface area contributed by atoms with Crippen molar-refractivity contribution < 1.29 is 4.74 Å². The van der Waals surface area contributed by atoms with Crippen molar-refractivity contribution in [3.8, 4) is 5.69 Å². The second-order valence-corrected chi connectivity index (χ2v) is 5.21. The third-order valence-electron chi connectivity index (χ3n) is 3.39. The summed E-state index contributed by atoms with van der Waals surface area (Å²) in [5.41, 5.74) is 2.66. The van der Waals surface area contributed by atoms with E-state index in [1.807, 2.05) is 42.3 Å². The fraction of sp³-hybridized carbons (Fsp3) is 0.333. The van der Waals surface area contributed by atoms with Gasteiger partial charge in [-0.3, -0.25) is 5.01 Å². The van der Waals surface area contributed by atoms with Gasteiger partial charge >= 0.3 is 0 Å². The van der Waals surface area contributed by atoms with Crippen LogP contribution in [0.3, 0.4) is 0 Å². The van der Waals surface area contributed by atoms with E-state index in [-0.39, 0.29) is 0 Å². The van der Waals surface area contributed by atoms with Crippen molar-refractivity contribution in [2.24, 2.45) is 5.10 Å². The molecule has 21 heavy (non-hydrogen) atoms. The topological polar surface area (TPSA) is 42.7 Å². The molecule has 1 saturated heterocycles. The third-order valence-corrected chi connectivity index (χ3v) is 3.75. The molecular weight excluding hydrogens is 288 g/mol. The molecule has 1 fully saturated rings. The molecule has 0 saturated carbocycles. The molecule has 0 atom stereocenters. The van der Waals surface area contributed by atoms with Crippen molar-refractivity contribution in [3.63, 3.8) is 0 Å². The van der Waals surface area contributed by atoms with Gasteiger partial charge in [0.2, 0.25) is 0 Å². The van der Waals surface area contributed by atoms with E-state index in [0.29, 0.717) is 18.4 Å². The second kappa shape index (κ2) is 6.28. The SMILES string of the molecule is Cc1nn(-c2ccccc2)c(Cl)c1/C=N/N1CCOCC1. The summed E-state index contributed by atoms with van der Waals surface area (Å²) in [5.74, 6) is 0. The van der Waals surface area contributed by atoms with Crippen LogP contribution in [0.4, 0.5) is 0 Å². The van der Waals surface area contributed by atoms with Crippen LogP contribution in [-0.2, 0) is 4.74 Å². The highest BCUT2D eigenvalue weighted by Crippen LogP contribution is 2.22. The monoisotopic (exact) mass is 304 g/mol. The molecule has 0 N–H and O–H groups in total. The fourth-order valence-electron chi connectivity index (χ4n) is 2.21. The lowest BCUT2D eigenvalue weighted by Gasteiger charge is -2.23. The predicted octanol–water partition coefficient (Wildman–Crippen LogP) is 2.50. The Bertz CT molecular complexity index is 633. The Morgan fingerprint density at radius 2 is 1.95 bits per heavy atom. The minimum Gasteiger partial charge on any atom is -0.378 e. The number of benzene rings is 1. The van der Waals surface area contributed by atoms with Gasteiger partial charge < -0.3 is 4.74 Å². The molecule has 2 heterocycles. The standard InChI is InChI=1S/C15H17ClN4O/c1-12-14(11-17-19-7-9-21-10-8-19)15(16)20(18-12)13-5-3-2-4-6-13/h2-6,11H,7-10H2,1H3/b17-11+. The molecule has 1 aliphatic heterocycles. The smallest absolute Gasteiger partial charge is 0.142 e. The number of halogens is 1. The zero-order valence-electron chi connectivity index (χ0n) is 11.9. The van der Waals surface area contributed by atoms with Crippen molar-refractivity contribution in [1.29, 1.82) is 0 Å². The number of hydrazone groups is 1. The Hall–Kier alpha value is -1.85. The van der Waals surface area contributed by atoms with Crippen LogP contribution in [0, 0.1) is 6.92 Å². The molecular formula is C15H17ClN4O. The van der Waals surface area contributed by atoms with Crippen LogP contribution in [0.15, 0.2) is 35.4 Å². The van der Waals surface area contributed by atoms with Crippen LogP contribution in [-0.4, -0.2) is 47.3 Å². The molecule has 0 unspecified atom stereocenters. The van der Waals surface area contributed by atoms with Gasteiger partial charge in [-0.15, -0.1) is 0 Å². The normalized spacial score (nSPS) is 15.8. The molecule has 1 aromatic carbocycles. The van der Waals surface area contributed by atoms with Crippen molar-refractivity contribution in [2.75, 3.05) is 26.3 Å². The van der Waals surface area contributed by atoms with Gasteiger partial charge in [0.25, 0.3) is 0 Å². The number of hydrogen-bond acceptors (Lipinski definition) is 4. The number of morpholine rings is 1. The van der Waals surface area contributed by atoms with Crippen molar-refractivity contribution in [2.45, 2.75) is 6.92 Å². The van der Waals surface area contributed by atoms with Crippen LogP contribution in [0.25, 0.3) is 5.69 Å². The molecule has 110 valence electrons. The van der Waals surface area contributed by atoms with Crippen molar-refractivity contribution >= 4 is 17.8 Å². The van der Waals surface area contributed by atoms with Gasteiger partial charge in [0.1, 0.15) is 5.15 Å². The third kappa shape index (κ3) is 3.09. The number of ether oxygens (including phenoxy) is 1. The van der Waals surface area contributed by atoms with Crippen molar-refractivity contribution in [3.05, 3.63) is 46.7 Å². The second-order valence-electron chi connectivity index (χ2n) is 4.85. The Balaban J connectivity index is 1.86. The summed E-state index contributed by atoms with van der Waals surface area (Å²) in [6.07, 6.45) is 1.79. The van der Waals surface area contributed by atoms with E-state index in [1.165, 1.54) is 0 Å². The van der Waals surface area contributed by atoms with Gasteiger partial charge in [-0.2, -0.15) is 10.2 Å². The summed E-state index contributed by atoms with van der Waals surface area (Å²) in [7, 11) is 0. The molecule has 0 radical (unpaired) electrons. The Kier molecular flexibility index (Phi) is 4.22. The molecule has 0 aliphatic carbocycles. The summed E-state index contributed by atoms with van der Waals surface area (Å²) < 4.78 is 7.04. The summed E-state index contributed by atoms with van der Waals surface area (Å²) in [5, 5.41) is 11.5. The van der Waals surface area contributed by atoms with E-state index in [0.717, 1.165) is 30.0 Å². The molecule has 6 heteroatoms. The van der Waals surface area contributed by atoms with Gasteiger partial charge in [0, 0.05) is 0 Å². The molecule has 0 bridgehead atoms. The van der Waals surface area contributed by atoms with Crippen LogP contribution in [0.1, 0.15) is 11.3 Å². The van der Waals surface area contributed by atoms with Gasteiger partial charge in [-0.25, -0.2) is 4.68 Å². The molecule has 1 aromatic heterocycles. The summed E-state index contributed by atoms with van der Waals surface area (Å²) in [4.78, 5) is 0. The lowest BCUT2D eigenvalue weighted by atomic mass is 10.3. The highest BCUT2D eigenvalue weighted by molar-refractivity contribution is 6.32. The summed E-state index contributed by atoms with van der Waals surface area (Å²) >= 11 is 6.45. The minimum atomic E-state index is 0.579. The number of aryl methyl sites for hydroxylation is 1. The average molecular weight is 305 g/mol. The van der Waals surface area contributed by atoms with E-state index in [1.54, 1.807) is 10.9 Å². The molecule has 5 nitrogen and oxygen atoms in total. The maximum absolute atomic E-state index is 6.45. The largest absolute Gasteiger partial charge is 0.378 e. The lowest BCUT2D eigenvalue weighted by Crippen LogP contribution is -2.32. The van der Waals surface area contributed by atoms with Gasteiger partial charge in [-0.1, -0.05) is 29.8 Å². The fourth-order valence-corrected chi connectivity index (χ4v) is 2.53. The molecule has 1 aliphatic rings. The first-order chi connectivity index (χ1) is 10.3. The molecule has 0 spiro atoms. The van der Waals surface area contributed by atoms with E-state index in [2.05, 4.69) is 10.2 Å². The van der Waals surface area contributed by atoms with Crippen LogP contribution in [0.5, 0.6) is 0 Å². The van der Waals surface area contributed by atoms with Gasteiger partial charge in [-0.05, 0) is 19.1 Å². The Morgan fingerprint density at radius 1 is 1.24 bits per heavy atom. The van der Waals surface area contributed by atoms with Crippen LogP contribution in [0.2, 0.25) is 5.15 Å². The Morgan fingerprint density at radius 3 is 2.67 bits per heavy atom. The van der Waals surface area contributed by atoms with Crippen LogP contribution >= 0.6 is 11.6 Å². The zero-order valence-corrected chi connectivity index (χ0v) is 12.6. The number of para-hydroxylation sites is 1. The first-order valence-electron chi connectivity index (χ1n) is 6.93. The average Bonchev–Trinajstić information content (AvgIpc) is 2.82. The van der Waals surface area contributed by atoms with Gasteiger partial charge in [0.15, 0.2) is 0 Å². The predicted molar refractivity (Wildman–Crippen MR) is 83.3 cm³/mol. The minimum absolute atomic E-state index is 0.579. The molecule has 0 amide bonds. The highest BCUT2D eigenvalue weighted by atomic mass is 35.5. The van der Waals surface area contributed by atoms with E-state index in [4.69, 9.17) is 16.3 Å². The first-order valence-corrected chi connectivity index (χ1v) is 7.31. The quantitative estimate of drug-likeness (QED) is 0.818. The van der Waals surface area contributed by atoms with Crippen molar-refractivity contribution in [1.82, 2.24) is 14.8 Å². The van der Waals surface area contributed by atoms with Gasteiger partial charge in [0.05, 0.1) is 49.5 Å². The highest BCUT2D eigenvalue weighted by Gasteiger charge is 2.14. The number of aromatic nitrogens is 2. The molecule has 2 aromatic rings. The Labute approximate surface area is 128 Å². The summed E-state index contributed by atoms with van der Waals surface area (Å²) in [6, 6.07) is 9.84. The number of rotatable bonds is 3. The zero-order chi connectivity index (χ0) is 14.7. The number of nitrogens with zero attached hydrogens (tertiary/aromatic N) is 4. The van der Waals surface area contributed by atoms with E-state index >= 15 is 0 Å². The molecule has 3 rings (SSSR count). The summed E-state index contributed by atoms with van der Waals surface area (Å²) in [6.45, 7) is 4.98. The van der Waals surface area contributed by atoms with Crippen LogP contribution < -0.4 is 0 Å². The maximum Gasteiger partial charge on any atom is 0.142 e. The first kappa shape index (κ1) is 14.1. The van der Waals surface area contributed by atoms with E-state index < -0.39 is 0 Å².